The summed E-state index contributed by atoms with van der Waals surface area (Å²) in [5.74, 6) is -0.141. The van der Waals surface area contributed by atoms with E-state index in [0.717, 1.165) is 34.0 Å². The number of pyridine rings is 1. The number of carbonyl (C=O) groups is 1. The lowest BCUT2D eigenvalue weighted by molar-refractivity contribution is -0.123. The lowest BCUT2D eigenvalue weighted by Gasteiger charge is -2.20. The summed E-state index contributed by atoms with van der Waals surface area (Å²) >= 11 is 0. The van der Waals surface area contributed by atoms with Crippen molar-refractivity contribution in [3.8, 4) is 0 Å². The second-order valence-electron chi connectivity index (χ2n) is 7.22. The number of aryl methyl sites for hydroxylation is 3. The van der Waals surface area contributed by atoms with Crippen LogP contribution in [0.1, 0.15) is 35.2 Å². The van der Waals surface area contributed by atoms with Gasteiger partial charge in [-0.2, -0.15) is 0 Å². The molecular formula is C23H26N2O2. The van der Waals surface area contributed by atoms with Gasteiger partial charge in [0.05, 0.1) is 5.52 Å². The van der Waals surface area contributed by atoms with E-state index in [9.17, 15) is 9.59 Å². The fourth-order valence-corrected chi connectivity index (χ4v) is 3.65. The molecule has 1 heterocycles. The summed E-state index contributed by atoms with van der Waals surface area (Å²) in [5, 5.41) is 3.99. The molecule has 0 spiro atoms. The van der Waals surface area contributed by atoms with Crippen LogP contribution in [0.2, 0.25) is 0 Å². The van der Waals surface area contributed by atoms with Gasteiger partial charge in [0, 0.05) is 18.0 Å². The molecule has 1 atom stereocenters. The van der Waals surface area contributed by atoms with E-state index < -0.39 is 6.04 Å². The Hall–Kier alpha value is -2.88. The summed E-state index contributed by atoms with van der Waals surface area (Å²) in [7, 11) is 0. The molecule has 1 amide bonds. The minimum absolute atomic E-state index is 0.141. The first kappa shape index (κ1) is 18.9. The molecule has 2 aromatic carbocycles. The van der Waals surface area contributed by atoms with Gasteiger partial charge in [0.1, 0.15) is 6.04 Å². The molecule has 3 aromatic rings. The summed E-state index contributed by atoms with van der Waals surface area (Å²) in [6, 6.07) is 15.2. The number of amides is 1. The Morgan fingerprint density at radius 2 is 1.74 bits per heavy atom. The highest BCUT2D eigenvalue weighted by Crippen LogP contribution is 2.24. The van der Waals surface area contributed by atoms with E-state index in [0.29, 0.717) is 6.54 Å². The normalized spacial score (nSPS) is 12.1. The second-order valence-corrected chi connectivity index (χ2v) is 7.22. The predicted molar refractivity (Wildman–Crippen MR) is 110 cm³/mol. The van der Waals surface area contributed by atoms with Crippen molar-refractivity contribution in [3.05, 3.63) is 81.1 Å². The zero-order chi connectivity index (χ0) is 19.6. The van der Waals surface area contributed by atoms with Gasteiger partial charge >= 0.3 is 0 Å². The molecule has 0 aliphatic rings. The number of fused-ring (bicyclic) bond motifs is 1. The standard InChI is InChI=1S/C23H26N2O2/c1-15-12-17(3)22-20(13-15)16(2)14-21(26)25(22)18(4)23(27)24-11-10-19-8-6-5-7-9-19/h5-9,12-14,18H,10-11H2,1-4H3,(H,24,27). The van der Waals surface area contributed by atoms with Gasteiger partial charge in [0.25, 0.3) is 5.56 Å². The SMILES string of the molecule is Cc1cc(C)c2c(c1)c(C)cc(=O)n2C(C)C(=O)NCCc1ccccc1. The zero-order valence-electron chi connectivity index (χ0n) is 16.4. The average Bonchev–Trinajstić information content (AvgIpc) is 2.63. The van der Waals surface area contributed by atoms with E-state index in [2.05, 4.69) is 17.4 Å². The molecule has 0 saturated carbocycles. The highest BCUT2D eigenvalue weighted by atomic mass is 16.2. The monoisotopic (exact) mass is 362 g/mol. The van der Waals surface area contributed by atoms with Crippen molar-refractivity contribution in [1.82, 2.24) is 9.88 Å². The molecule has 0 bridgehead atoms. The molecule has 140 valence electrons. The van der Waals surface area contributed by atoms with Gasteiger partial charge in [0.15, 0.2) is 0 Å². The third kappa shape index (κ3) is 3.95. The predicted octanol–water partition coefficient (Wildman–Crippen LogP) is 3.85. The van der Waals surface area contributed by atoms with Crippen LogP contribution < -0.4 is 10.9 Å². The van der Waals surface area contributed by atoms with E-state index in [4.69, 9.17) is 0 Å². The molecule has 0 aliphatic carbocycles. The number of hydrogen-bond acceptors (Lipinski definition) is 2. The average molecular weight is 362 g/mol. The van der Waals surface area contributed by atoms with Gasteiger partial charge < -0.3 is 5.32 Å². The van der Waals surface area contributed by atoms with Crippen LogP contribution in [0.25, 0.3) is 10.9 Å². The third-order valence-electron chi connectivity index (χ3n) is 5.01. The maximum atomic E-state index is 12.7. The fraction of sp³-hybridized carbons (Fsp3) is 0.304. The highest BCUT2D eigenvalue weighted by molar-refractivity contribution is 5.88. The second kappa shape index (κ2) is 7.78. The molecule has 1 aromatic heterocycles. The van der Waals surface area contributed by atoms with Crippen LogP contribution in [-0.2, 0) is 11.2 Å². The van der Waals surface area contributed by atoms with Crippen molar-refractivity contribution in [3.63, 3.8) is 0 Å². The first-order valence-electron chi connectivity index (χ1n) is 9.33. The van der Waals surface area contributed by atoms with Gasteiger partial charge in [-0.15, -0.1) is 0 Å². The minimum Gasteiger partial charge on any atom is -0.354 e. The Morgan fingerprint density at radius 1 is 1.04 bits per heavy atom. The lowest BCUT2D eigenvalue weighted by atomic mass is 10.0. The van der Waals surface area contributed by atoms with E-state index in [-0.39, 0.29) is 11.5 Å². The van der Waals surface area contributed by atoms with Crippen LogP contribution in [0.4, 0.5) is 0 Å². The van der Waals surface area contributed by atoms with E-state index in [1.54, 1.807) is 17.6 Å². The van der Waals surface area contributed by atoms with Gasteiger partial charge in [-0.05, 0) is 56.9 Å². The summed E-state index contributed by atoms with van der Waals surface area (Å²) in [4.78, 5) is 25.4. The number of benzene rings is 2. The molecule has 3 rings (SSSR count). The molecule has 4 heteroatoms. The number of hydrogen-bond donors (Lipinski definition) is 1. The van der Waals surface area contributed by atoms with Crippen molar-refractivity contribution in [1.29, 1.82) is 0 Å². The summed E-state index contributed by atoms with van der Waals surface area (Å²) in [5.41, 5.74) is 4.97. The van der Waals surface area contributed by atoms with Crippen molar-refractivity contribution < 1.29 is 4.79 Å². The minimum atomic E-state index is -0.572. The first-order chi connectivity index (χ1) is 12.9. The lowest BCUT2D eigenvalue weighted by Crippen LogP contribution is -2.37. The number of rotatable bonds is 5. The van der Waals surface area contributed by atoms with Crippen molar-refractivity contribution in [2.45, 2.75) is 40.2 Å². The number of nitrogens with zero attached hydrogens (tertiary/aromatic N) is 1. The Kier molecular flexibility index (Phi) is 5.45. The van der Waals surface area contributed by atoms with Crippen LogP contribution in [0.15, 0.2) is 53.3 Å². The van der Waals surface area contributed by atoms with Crippen LogP contribution in [0, 0.1) is 20.8 Å². The smallest absolute Gasteiger partial charge is 0.252 e. The molecule has 0 saturated heterocycles. The largest absolute Gasteiger partial charge is 0.354 e. The Bertz CT molecular complexity index is 1040. The summed E-state index contributed by atoms with van der Waals surface area (Å²) in [6.07, 6.45) is 0.765. The molecule has 0 radical (unpaired) electrons. The van der Waals surface area contributed by atoms with Gasteiger partial charge in [0.2, 0.25) is 5.91 Å². The van der Waals surface area contributed by atoms with Crippen LogP contribution in [-0.4, -0.2) is 17.0 Å². The topological polar surface area (TPSA) is 51.1 Å². The molecule has 1 unspecified atom stereocenters. The Balaban J connectivity index is 1.87. The molecule has 4 nitrogen and oxygen atoms in total. The number of nitrogens with one attached hydrogen (secondary N) is 1. The fourth-order valence-electron chi connectivity index (χ4n) is 3.65. The van der Waals surface area contributed by atoms with Gasteiger partial charge in [-0.3, -0.25) is 14.2 Å². The molecule has 27 heavy (non-hydrogen) atoms. The Morgan fingerprint density at radius 3 is 2.44 bits per heavy atom. The Labute approximate surface area is 159 Å². The highest BCUT2D eigenvalue weighted by Gasteiger charge is 2.20. The van der Waals surface area contributed by atoms with Gasteiger partial charge in [-0.1, -0.05) is 42.0 Å². The van der Waals surface area contributed by atoms with Crippen molar-refractivity contribution in [2.75, 3.05) is 6.54 Å². The van der Waals surface area contributed by atoms with E-state index in [1.165, 1.54) is 5.56 Å². The molecule has 1 N–H and O–H groups in total. The van der Waals surface area contributed by atoms with E-state index in [1.807, 2.05) is 51.1 Å². The van der Waals surface area contributed by atoms with Crippen molar-refractivity contribution in [2.24, 2.45) is 0 Å². The molecular weight excluding hydrogens is 336 g/mol. The summed E-state index contributed by atoms with van der Waals surface area (Å²) < 4.78 is 1.62. The zero-order valence-corrected chi connectivity index (χ0v) is 16.4. The van der Waals surface area contributed by atoms with E-state index >= 15 is 0 Å². The first-order valence-corrected chi connectivity index (χ1v) is 9.33. The molecule has 0 aliphatic heterocycles. The van der Waals surface area contributed by atoms with Crippen LogP contribution in [0.5, 0.6) is 0 Å². The van der Waals surface area contributed by atoms with Crippen LogP contribution >= 0.6 is 0 Å². The maximum Gasteiger partial charge on any atom is 0.252 e. The third-order valence-corrected chi connectivity index (χ3v) is 5.01. The van der Waals surface area contributed by atoms with Crippen LogP contribution in [0.3, 0.4) is 0 Å². The quantitative estimate of drug-likeness (QED) is 0.750. The van der Waals surface area contributed by atoms with Gasteiger partial charge in [-0.25, -0.2) is 0 Å². The molecule has 0 fully saturated rings. The number of aromatic nitrogens is 1. The maximum absolute atomic E-state index is 12.7. The number of carbonyl (C=O) groups excluding carboxylic acids is 1. The summed E-state index contributed by atoms with van der Waals surface area (Å²) in [6.45, 7) is 8.31. The van der Waals surface area contributed by atoms with Crippen molar-refractivity contribution >= 4 is 16.8 Å².